The summed E-state index contributed by atoms with van der Waals surface area (Å²) < 4.78 is 0. The molecule has 0 aromatic carbocycles. The SMILES string of the molecule is CNC(CN(C)CCCN(C)C)(C(N)=O)C1CC1. The van der Waals surface area contributed by atoms with Crippen molar-refractivity contribution in [1.29, 1.82) is 0 Å². The number of carbonyl (C=O) groups excluding carboxylic acids is 1. The van der Waals surface area contributed by atoms with E-state index in [-0.39, 0.29) is 5.91 Å². The number of amides is 1. The number of likely N-dealkylation sites (N-methyl/N-ethyl adjacent to an activating group) is 2. The van der Waals surface area contributed by atoms with E-state index in [0.29, 0.717) is 12.5 Å². The number of nitrogens with one attached hydrogen (secondary N) is 1. The maximum atomic E-state index is 11.8. The molecule has 1 atom stereocenters. The van der Waals surface area contributed by atoms with Crippen LogP contribution in [0.2, 0.25) is 0 Å². The molecule has 0 aromatic heterocycles. The van der Waals surface area contributed by atoms with E-state index in [9.17, 15) is 4.79 Å². The van der Waals surface area contributed by atoms with E-state index in [0.717, 1.165) is 32.4 Å². The predicted molar refractivity (Wildman–Crippen MR) is 74.4 cm³/mol. The minimum Gasteiger partial charge on any atom is -0.368 e. The van der Waals surface area contributed by atoms with Crippen molar-refractivity contribution in [3.63, 3.8) is 0 Å². The zero-order chi connectivity index (χ0) is 13.8. The lowest BCUT2D eigenvalue weighted by Crippen LogP contribution is -2.61. The Bertz CT molecular complexity index is 278. The van der Waals surface area contributed by atoms with Crippen LogP contribution in [-0.4, -0.2) is 69.1 Å². The number of nitrogens with zero attached hydrogens (tertiary/aromatic N) is 2. The van der Waals surface area contributed by atoms with Crippen LogP contribution < -0.4 is 11.1 Å². The molecule has 5 heteroatoms. The van der Waals surface area contributed by atoms with Crippen LogP contribution in [0.3, 0.4) is 0 Å². The molecule has 106 valence electrons. The van der Waals surface area contributed by atoms with E-state index < -0.39 is 5.54 Å². The Labute approximate surface area is 111 Å². The molecule has 0 aliphatic heterocycles. The van der Waals surface area contributed by atoms with Crippen molar-refractivity contribution in [2.24, 2.45) is 11.7 Å². The number of hydrogen-bond donors (Lipinski definition) is 2. The molecule has 1 fully saturated rings. The highest BCUT2D eigenvalue weighted by molar-refractivity contribution is 5.85. The van der Waals surface area contributed by atoms with Crippen LogP contribution in [0.1, 0.15) is 19.3 Å². The zero-order valence-electron chi connectivity index (χ0n) is 12.2. The summed E-state index contributed by atoms with van der Waals surface area (Å²) in [6.45, 7) is 2.76. The van der Waals surface area contributed by atoms with Crippen molar-refractivity contribution < 1.29 is 4.79 Å². The zero-order valence-corrected chi connectivity index (χ0v) is 12.2. The average Bonchev–Trinajstić information content (AvgIpc) is 3.09. The molecule has 0 heterocycles. The third-order valence-corrected chi connectivity index (χ3v) is 3.82. The van der Waals surface area contributed by atoms with Crippen molar-refractivity contribution >= 4 is 5.91 Å². The lowest BCUT2D eigenvalue weighted by Gasteiger charge is -2.34. The molecular formula is C13H28N4O. The van der Waals surface area contributed by atoms with Gasteiger partial charge in [0, 0.05) is 6.54 Å². The smallest absolute Gasteiger partial charge is 0.239 e. The Balaban J connectivity index is 2.47. The third kappa shape index (κ3) is 3.93. The number of hydrogen-bond acceptors (Lipinski definition) is 4. The predicted octanol–water partition coefficient (Wildman–Crippen LogP) is -0.277. The average molecular weight is 256 g/mol. The summed E-state index contributed by atoms with van der Waals surface area (Å²) in [5.41, 5.74) is 5.08. The molecule has 1 amide bonds. The molecular weight excluding hydrogens is 228 g/mol. The summed E-state index contributed by atoms with van der Waals surface area (Å²) in [6.07, 6.45) is 3.32. The second-order valence-electron chi connectivity index (χ2n) is 5.75. The minimum absolute atomic E-state index is 0.216. The Morgan fingerprint density at radius 2 is 1.94 bits per heavy atom. The van der Waals surface area contributed by atoms with Gasteiger partial charge >= 0.3 is 0 Å². The second kappa shape index (κ2) is 6.50. The standard InChI is InChI=1S/C13H28N4O/c1-15-13(12(14)18,11-6-7-11)10-17(4)9-5-8-16(2)3/h11,15H,5-10H2,1-4H3,(H2,14,18). The first kappa shape index (κ1) is 15.4. The normalized spacial score (nSPS) is 19.2. The van der Waals surface area contributed by atoms with E-state index in [1.165, 1.54) is 0 Å². The molecule has 0 aromatic rings. The molecule has 0 radical (unpaired) electrons. The fraction of sp³-hybridized carbons (Fsp3) is 0.923. The van der Waals surface area contributed by atoms with Gasteiger partial charge in [-0.25, -0.2) is 0 Å². The van der Waals surface area contributed by atoms with Gasteiger partial charge < -0.3 is 20.9 Å². The molecule has 1 aliphatic rings. The Morgan fingerprint density at radius 1 is 1.33 bits per heavy atom. The van der Waals surface area contributed by atoms with Gasteiger partial charge in [-0.3, -0.25) is 4.79 Å². The molecule has 3 N–H and O–H groups in total. The molecule has 0 bridgehead atoms. The van der Waals surface area contributed by atoms with Gasteiger partial charge in [0.05, 0.1) is 0 Å². The van der Waals surface area contributed by atoms with Gasteiger partial charge in [-0.05, 0) is 66.5 Å². The lowest BCUT2D eigenvalue weighted by molar-refractivity contribution is -0.125. The number of rotatable bonds is 9. The van der Waals surface area contributed by atoms with Gasteiger partial charge in [-0.15, -0.1) is 0 Å². The molecule has 1 unspecified atom stereocenters. The van der Waals surface area contributed by atoms with Gasteiger partial charge in [-0.1, -0.05) is 0 Å². The summed E-state index contributed by atoms with van der Waals surface area (Å²) in [7, 11) is 8.06. The Morgan fingerprint density at radius 3 is 2.33 bits per heavy atom. The summed E-state index contributed by atoms with van der Waals surface area (Å²) in [6, 6.07) is 0. The minimum atomic E-state index is -0.535. The monoisotopic (exact) mass is 256 g/mol. The van der Waals surface area contributed by atoms with Gasteiger partial charge in [-0.2, -0.15) is 0 Å². The van der Waals surface area contributed by atoms with Crippen LogP contribution in [0.25, 0.3) is 0 Å². The Kier molecular flexibility index (Phi) is 5.56. The fourth-order valence-corrected chi connectivity index (χ4v) is 2.55. The molecule has 1 rings (SSSR count). The maximum Gasteiger partial charge on any atom is 0.239 e. The van der Waals surface area contributed by atoms with Crippen LogP contribution >= 0.6 is 0 Å². The van der Waals surface area contributed by atoms with Crippen molar-refractivity contribution in [3.05, 3.63) is 0 Å². The van der Waals surface area contributed by atoms with E-state index in [1.807, 2.05) is 7.05 Å². The number of carbonyl (C=O) groups is 1. The highest BCUT2D eigenvalue weighted by Crippen LogP contribution is 2.39. The first-order valence-corrected chi connectivity index (χ1v) is 6.74. The third-order valence-electron chi connectivity index (χ3n) is 3.82. The largest absolute Gasteiger partial charge is 0.368 e. The summed E-state index contributed by atoms with van der Waals surface area (Å²) in [4.78, 5) is 16.2. The van der Waals surface area contributed by atoms with Gasteiger partial charge in [0.1, 0.15) is 5.54 Å². The van der Waals surface area contributed by atoms with Crippen molar-refractivity contribution in [3.8, 4) is 0 Å². The van der Waals surface area contributed by atoms with Crippen LogP contribution in [-0.2, 0) is 4.79 Å². The first-order chi connectivity index (χ1) is 8.42. The number of primary amides is 1. The molecule has 1 saturated carbocycles. The molecule has 1 aliphatic carbocycles. The van der Waals surface area contributed by atoms with Crippen molar-refractivity contribution in [2.45, 2.75) is 24.8 Å². The molecule has 0 saturated heterocycles. The summed E-state index contributed by atoms with van der Waals surface area (Å²) in [5.74, 6) is 0.197. The number of nitrogens with two attached hydrogens (primary N) is 1. The van der Waals surface area contributed by atoms with E-state index in [4.69, 9.17) is 5.73 Å². The molecule has 0 spiro atoms. The highest BCUT2D eigenvalue weighted by atomic mass is 16.1. The maximum absolute atomic E-state index is 11.8. The van der Waals surface area contributed by atoms with E-state index in [1.54, 1.807) is 0 Å². The lowest BCUT2D eigenvalue weighted by atomic mass is 9.91. The van der Waals surface area contributed by atoms with Crippen LogP contribution in [0, 0.1) is 5.92 Å². The van der Waals surface area contributed by atoms with Crippen LogP contribution in [0.15, 0.2) is 0 Å². The first-order valence-electron chi connectivity index (χ1n) is 6.74. The van der Waals surface area contributed by atoms with Crippen LogP contribution in [0.4, 0.5) is 0 Å². The van der Waals surface area contributed by atoms with Gasteiger partial charge in [0.15, 0.2) is 0 Å². The quantitative estimate of drug-likeness (QED) is 0.596. The molecule has 18 heavy (non-hydrogen) atoms. The topological polar surface area (TPSA) is 61.6 Å². The van der Waals surface area contributed by atoms with Crippen molar-refractivity contribution in [2.75, 3.05) is 47.8 Å². The summed E-state index contributed by atoms with van der Waals surface area (Å²) in [5, 5.41) is 3.18. The summed E-state index contributed by atoms with van der Waals surface area (Å²) >= 11 is 0. The van der Waals surface area contributed by atoms with Gasteiger partial charge in [0.2, 0.25) is 5.91 Å². The fourth-order valence-electron chi connectivity index (χ4n) is 2.55. The Hall–Kier alpha value is -0.650. The van der Waals surface area contributed by atoms with E-state index >= 15 is 0 Å². The van der Waals surface area contributed by atoms with Crippen LogP contribution in [0.5, 0.6) is 0 Å². The highest BCUT2D eigenvalue weighted by Gasteiger charge is 2.49. The van der Waals surface area contributed by atoms with Crippen molar-refractivity contribution in [1.82, 2.24) is 15.1 Å². The second-order valence-corrected chi connectivity index (χ2v) is 5.75. The van der Waals surface area contributed by atoms with Gasteiger partial charge in [0.25, 0.3) is 0 Å². The molecule has 5 nitrogen and oxygen atoms in total. The van der Waals surface area contributed by atoms with E-state index in [2.05, 4.69) is 36.3 Å².